The Morgan fingerprint density at radius 2 is 1.52 bits per heavy atom. The first-order valence-corrected chi connectivity index (χ1v) is 9.62. The van der Waals surface area contributed by atoms with Crippen LogP contribution in [0.5, 0.6) is 0 Å². The van der Waals surface area contributed by atoms with E-state index in [2.05, 4.69) is 5.32 Å². The van der Waals surface area contributed by atoms with Gasteiger partial charge in [-0.2, -0.15) is 0 Å². The third-order valence-electron chi connectivity index (χ3n) is 4.20. The minimum atomic E-state index is -1.17. The molecule has 0 aromatic carbocycles. The zero-order valence-corrected chi connectivity index (χ0v) is 18.6. The number of amides is 1. The number of hydrogen-bond acceptors (Lipinski definition) is 11. The van der Waals surface area contributed by atoms with Gasteiger partial charge in [-0.25, -0.2) is 0 Å². The summed E-state index contributed by atoms with van der Waals surface area (Å²) in [6.45, 7) is 4.74. The molecule has 178 valence electrons. The first kappa shape index (κ1) is 26.8. The summed E-state index contributed by atoms with van der Waals surface area (Å²) in [6.07, 6.45) is -4.97. The maximum Gasteiger partial charge on any atom is 0.303 e. The summed E-state index contributed by atoms with van der Waals surface area (Å²) in [5.74, 6) is -2.41. The molecule has 0 aliphatic carbocycles. The van der Waals surface area contributed by atoms with Gasteiger partial charge in [0, 0.05) is 41.9 Å². The predicted molar refractivity (Wildman–Crippen MR) is 103 cm³/mol. The molecular formula is C19H31NO11. The van der Waals surface area contributed by atoms with E-state index < -0.39 is 60.6 Å². The second-order valence-electron chi connectivity index (χ2n) is 6.87. The second-order valence-corrected chi connectivity index (χ2v) is 6.87. The number of hydrogen-bond donors (Lipinski definition) is 1. The zero-order valence-electron chi connectivity index (χ0n) is 18.6. The molecule has 0 spiro atoms. The highest BCUT2D eigenvalue weighted by Crippen LogP contribution is 2.28. The molecule has 1 fully saturated rings. The number of rotatable bonds is 11. The number of carbonyl (C=O) groups excluding carboxylic acids is 4. The summed E-state index contributed by atoms with van der Waals surface area (Å²) in [5, 5.41) is 2.61. The quantitative estimate of drug-likeness (QED) is 0.316. The van der Waals surface area contributed by atoms with Crippen LogP contribution in [0, 0.1) is 0 Å². The van der Waals surface area contributed by atoms with Crippen molar-refractivity contribution in [3.63, 3.8) is 0 Å². The Morgan fingerprint density at radius 1 is 0.903 bits per heavy atom. The van der Waals surface area contributed by atoms with Gasteiger partial charge in [0.2, 0.25) is 5.91 Å². The molecule has 31 heavy (non-hydrogen) atoms. The number of nitrogens with one attached hydrogen (secondary N) is 1. The monoisotopic (exact) mass is 449 g/mol. The SMILES string of the molecule is COC[C@@H](COC1OC(COC(C)=O)C(OC(C)=O)C(OC(C)=O)C1NC(C)=O)OC. The van der Waals surface area contributed by atoms with Crippen LogP contribution in [0.15, 0.2) is 0 Å². The zero-order chi connectivity index (χ0) is 23.6. The average molecular weight is 449 g/mol. The molecule has 1 amide bonds. The second kappa shape index (κ2) is 13.2. The van der Waals surface area contributed by atoms with E-state index in [9.17, 15) is 19.2 Å². The van der Waals surface area contributed by atoms with Crippen LogP contribution in [0.1, 0.15) is 27.7 Å². The Balaban J connectivity index is 3.24. The Morgan fingerprint density at radius 3 is 2.00 bits per heavy atom. The van der Waals surface area contributed by atoms with Crippen LogP contribution in [0.2, 0.25) is 0 Å². The minimum Gasteiger partial charge on any atom is -0.463 e. The molecular weight excluding hydrogens is 418 g/mol. The van der Waals surface area contributed by atoms with Gasteiger partial charge in [0.05, 0.1) is 13.2 Å². The number of methoxy groups -OCH3 is 2. The van der Waals surface area contributed by atoms with Crippen LogP contribution >= 0.6 is 0 Å². The van der Waals surface area contributed by atoms with Gasteiger partial charge < -0.3 is 38.5 Å². The van der Waals surface area contributed by atoms with E-state index in [1.807, 2.05) is 0 Å². The fourth-order valence-corrected chi connectivity index (χ4v) is 3.01. The number of carbonyl (C=O) groups is 4. The molecule has 5 unspecified atom stereocenters. The topological polar surface area (TPSA) is 145 Å². The van der Waals surface area contributed by atoms with Crippen LogP contribution in [0.25, 0.3) is 0 Å². The molecule has 1 aliphatic rings. The molecule has 6 atom stereocenters. The van der Waals surface area contributed by atoms with E-state index in [0.29, 0.717) is 0 Å². The largest absolute Gasteiger partial charge is 0.463 e. The lowest BCUT2D eigenvalue weighted by atomic mass is 9.96. The highest BCUT2D eigenvalue weighted by Gasteiger charge is 2.51. The molecule has 1 aliphatic heterocycles. The van der Waals surface area contributed by atoms with Crippen LogP contribution in [0.4, 0.5) is 0 Å². The fraction of sp³-hybridized carbons (Fsp3) is 0.789. The van der Waals surface area contributed by atoms with Gasteiger partial charge in [-0.15, -0.1) is 0 Å². The predicted octanol–water partition coefficient (Wildman–Crippen LogP) is -0.679. The van der Waals surface area contributed by atoms with Crippen molar-refractivity contribution < 1.29 is 52.3 Å². The van der Waals surface area contributed by atoms with E-state index >= 15 is 0 Å². The first-order valence-electron chi connectivity index (χ1n) is 9.62. The van der Waals surface area contributed by atoms with Crippen molar-refractivity contribution in [2.75, 3.05) is 34.0 Å². The Bertz CT molecular complexity index is 626. The van der Waals surface area contributed by atoms with E-state index in [-0.39, 0.29) is 19.8 Å². The lowest BCUT2D eigenvalue weighted by molar-refractivity contribution is -0.282. The molecule has 0 saturated carbocycles. The van der Waals surface area contributed by atoms with Crippen LogP contribution in [0.3, 0.4) is 0 Å². The van der Waals surface area contributed by atoms with E-state index in [1.165, 1.54) is 35.0 Å². The van der Waals surface area contributed by atoms with Gasteiger partial charge in [0.1, 0.15) is 24.9 Å². The third-order valence-corrected chi connectivity index (χ3v) is 4.20. The van der Waals surface area contributed by atoms with E-state index in [0.717, 1.165) is 6.92 Å². The fourth-order valence-electron chi connectivity index (χ4n) is 3.01. The molecule has 12 nitrogen and oxygen atoms in total. The van der Waals surface area contributed by atoms with Gasteiger partial charge in [-0.3, -0.25) is 19.2 Å². The highest BCUT2D eigenvalue weighted by atomic mass is 16.7. The van der Waals surface area contributed by atoms with E-state index in [1.54, 1.807) is 0 Å². The van der Waals surface area contributed by atoms with Crippen molar-refractivity contribution in [1.29, 1.82) is 0 Å². The van der Waals surface area contributed by atoms with Crippen LogP contribution < -0.4 is 5.32 Å². The van der Waals surface area contributed by atoms with Crippen molar-refractivity contribution in [1.82, 2.24) is 5.32 Å². The lowest BCUT2D eigenvalue weighted by Crippen LogP contribution is -2.66. The Kier molecular flexibility index (Phi) is 11.4. The summed E-state index contributed by atoms with van der Waals surface area (Å²) < 4.78 is 37.7. The van der Waals surface area contributed by atoms with Crippen molar-refractivity contribution >= 4 is 23.8 Å². The van der Waals surface area contributed by atoms with Gasteiger partial charge >= 0.3 is 17.9 Å². The van der Waals surface area contributed by atoms with Crippen molar-refractivity contribution in [2.24, 2.45) is 0 Å². The number of esters is 3. The smallest absolute Gasteiger partial charge is 0.303 e. The van der Waals surface area contributed by atoms with Crippen molar-refractivity contribution in [2.45, 2.75) is 64.4 Å². The van der Waals surface area contributed by atoms with Crippen LogP contribution in [-0.2, 0) is 52.3 Å². The van der Waals surface area contributed by atoms with Crippen molar-refractivity contribution in [3.05, 3.63) is 0 Å². The van der Waals surface area contributed by atoms with E-state index in [4.69, 9.17) is 33.2 Å². The van der Waals surface area contributed by atoms with Gasteiger partial charge in [0.15, 0.2) is 18.5 Å². The normalized spacial score (nSPS) is 26.5. The Hall–Kier alpha value is -2.28. The van der Waals surface area contributed by atoms with Crippen molar-refractivity contribution in [3.8, 4) is 0 Å². The minimum absolute atomic E-state index is 0.0103. The standard InChI is InChI=1S/C19H31NO11/c1-10(21)20-16-18(30-13(4)24)17(29-12(3)23)15(9-27-11(2)22)31-19(16)28-8-14(26-6)7-25-5/h14-19H,7-9H2,1-6H3,(H,20,21)/t14-,15?,16?,17?,18?,19?/m0/s1. The first-order chi connectivity index (χ1) is 14.6. The highest BCUT2D eigenvalue weighted by molar-refractivity contribution is 5.73. The lowest BCUT2D eigenvalue weighted by Gasteiger charge is -2.45. The summed E-state index contributed by atoms with van der Waals surface area (Å²) >= 11 is 0. The summed E-state index contributed by atoms with van der Waals surface area (Å²) in [5.41, 5.74) is 0. The molecule has 0 bridgehead atoms. The Labute approximate surface area is 180 Å². The molecule has 1 heterocycles. The summed E-state index contributed by atoms with van der Waals surface area (Å²) in [4.78, 5) is 46.6. The van der Waals surface area contributed by atoms with Crippen LogP contribution in [-0.4, -0.2) is 94.6 Å². The molecule has 1 rings (SSSR count). The molecule has 0 aromatic rings. The van der Waals surface area contributed by atoms with Gasteiger partial charge in [-0.1, -0.05) is 0 Å². The van der Waals surface area contributed by atoms with Gasteiger partial charge in [0.25, 0.3) is 0 Å². The molecule has 1 saturated heterocycles. The third kappa shape index (κ3) is 9.17. The molecule has 0 aromatic heterocycles. The summed E-state index contributed by atoms with van der Waals surface area (Å²) in [6, 6.07) is -1.03. The maximum atomic E-state index is 11.8. The van der Waals surface area contributed by atoms with Gasteiger partial charge in [-0.05, 0) is 0 Å². The summed E-state index contributed by atoms with van der Waals surface area (Å²) in [7, 11) is 2.97. The average Bonchev–Trinajstić information content (AvgIpc) is 2.66. The molecule has 12 heteroatoms. The number of ether oxygens (including phenoxy) is 7. The maximum absolute atomic E-state index is 11.8. The molecule has 0 radical (unpaired) electrons. The molecule has 1 N–H and O–H groups in total.